The number of aliphatic imine (C=N–C) groups is 1. The lowest BCUT2D eigenvalue weighted by atomic mass is 10.1. The molecule has 0 atom stereocenters. The van der Waals surface area contributed by atoms with Crippen LogP contribution in [0.3, 0.4) is 0 Å². The highest BCUT2D eigenvalue weighted by molar-refractivity contribution is 7.78. The lowest BCUT2D eigenvalue weighted by Crippen LogP contribution is -2.04. The van der Waals surface area contributed by atoms with Crippen molar-refractivity contribution in [3.05, 3.63) is 35.2 Å². The number of hydrogen-bond acceptors (Lipinski definition) is 2. The van der Waals surface area contributed by atoms with Crippen LogP contribution in [0.2, 0.25) is 0 Å². The Kier molecular flexibility index (Phi) is 3.20. The number of rotatable bonds is 1. The number of isothiocyanates is 1. The van der Waals surface area contributed by atoms with E-state index >= 15 is 0 Å². The molecule has 0 amide bonds. The fourth-order valence-electron chi connectivity index (χ4n) is 0.967. The van der Waals surface area contributed by atoms with Crippen LogP contribution in [-0.2, 0) is 6.18 Å². The van der Waals surface area contributed by atoms with Crippen LogP contribution in [0.25, 0.3) is 4.85 Å². The Labute approximate surface area is 88.9 Å². The van der Waals surface area contributed by atoms with Crippen LogP contribution in [-0.4, -0.2) is 5.16 Å². The molecule has 1 rings (SSSR count). The highest BCUT2D eigenvalue weighted by Gasteiger charge is 2.33. The van der Waals surface area contributed by atoms with E-state index in [0.717, 1.165) is 12.1 Å². The van der Waals surface area contributed by atoms with Crippen molar-refractivity contribution in [2.75, 3.05) is 0 Å². The van der Waals surface area contributed by atoms with Crippen molar-refractivity contribution in [1.82, 2.24) is 0 Å². The zero-order valence-electron chi connectivity index (χ0n) is 7.17. The smallest absolute Gasteiger partial charge is 0.238 e. The minimum Gasteiger partial charge on any atom is -0.238 e. The van der Waals surface area contributed by atoms with Gasteiger partial charge in [-0.3, -0.25) is 0 Å². The highest BCUT2D eigenvalue weighted by atomic mass is 32.1. The predicted molar refractivity (Wildman–Crippen MR) is 52.4 cm³/mol. The Bertz CT molecular complexity index is 467. The molecule has 0 unspecified atom stereocenters. The van der Waals surface area contributed by atoms with Gasteiger partial charge in [0.25, 0.3) is 0 Å². The Morgan fingerprint density at radius 3 is 2.53 bits per heavy atom. The van der Waals surface area contributed by atoms with Gasteiger partial charge >= 0.3 is 6.18 Å². The zero-order valence-corrected chi connectivity index (χ0v) is 7.99. The van der Waals surface area contributed by atoms with E-state index < -0.39 is 11.7 Å². The third-order valence-corrected chi connectivity index (χ3v) is 1.67. The molecule has 0 aliphatic rings. The zero-order chi connectivity index (χ0) is 11.5. The molecule has 0 spiro atoms. The van der Waals surface area contributed by atoms with Gasteiger partial charge in [-0.05, 0) is 24.4 Å². The number of nitrogens with zero attached hydrogens (tertiary/aromatic N) is 2. The first-order chi connectivity index (χ1) is 6.99. The topological polar surface area (TPSA) is 16.7 Å². The van der Waals surface area contributed by atoms with Crippen LogP contribution in [0.4, 0.5) is 24.5 Å². The average Bonchev–Trinajstić information content (AvgIpc) is 2.17. The van der Waals surface area contributed by atoms with E-state index in [1.54, 1.807) is 0 Å². The lowest BCUT2D eigenvalue weighted by molar-refractivity contribution is -0.137. The fraction of sp³-hybridized carbons (Fsp3) is 0.111. The van der Waals surface area contributed by atoms with Gasteiger partial charge in [0.1, 0.15) is 0 Å². The molecule has 0 fully saturated rings. The summed E-state index contributed by atoms with van der Waals surface area (Å²) in [5.41, 5.74) is -1.40. The molecule has 0 saturated carbocycles. The van der Waals surface area contributed by atoms with Gasteiger partial charge < -0.3 is 0 Å². The van der Waals surface area contributed by atoms with Crippen molar-refractivity contribution in [3.8, 4) is 0 Å². The van der Waals surface area contributed by atoms with Gasteiger partial charge in [-0.2, -0.15) is 18.2 Å². The van der Waals surface area contributed by atoms with Crippen LogP contribution in [0.1, 0.15) is 5.56 Å². The summed E-state index contributed by atoms with van der Waals surface area (Å²) in [5, 5.41) is 1.86. The van der Waals surface area contributed by atoms with Crippen molar-refractivity contribution in [2.24, 2.45) is 4.99 Å². The SMILES string of the molecule is [C-]#[N+]c1ccc(N=C=S)c(C(F)(F)F)c1. The lowest BCUT2D eigenvalue weighted by Gasteiger charge is -2.09. The second kappa shape index (κ2) is 4.22. The Hall–Kier alpha value is -1.70. The largest absolute Gasteiger partial charge is 0.417 e. The number of hydrogen-bond donors (Lipinski definition) is 0. The summed E-state index contributed by atoms with van der Waals surface area (Å²) < 4.78 is 37.4. The van der Waals surface area contributed by atoms with E-state index in [-0.39, 0.29) is 11.4 Å². The Balaban J connectivity index is 3.43. The molecule has 0 aliphatic heterocycles. The van der Waals surface area contributed by atoms with Gasteiger partial charge in [0.2, 0.25) is 0 Å². The molecule has 0 aromatic heterocycles. The molecule has 15 heavy (non-hydrogen) atoms. The Morgan fingerprint density at radius 1 is 1.40 bits per heavy atom. The second-order valence-electron chi connectivity index (χ2n) is 2.51. The maximum absolute atomic E-state index is 12.5. The van der Waals surface area contributed by atoms with E-state index in [0.29, 0.717) is 0 Å². The molecule has 0 aliphatic carbocycles. The number of benzene rings is 1. The molecule has 0 saturated heterocycles. The van der Waals surface area contributed by atoms with Gasteiger partial charge in [-0.15, -0.1) is 0 Å². The van der Waals surface area contributed by atoms with E-state index in [1.165, 1.54) is 6.07 Å². The fourth-order valence-corrected chi connectivity index (χ4v) is 1.07. The van der Waals surface area contributed by atoms with Crippen LogP contribution in [0, 0.1) is 6.57 Å². The van der Waals surface area contributed by atoms with Crippen LogP contribution in [0.5, 0.6) is 0 Å². The summed E-state index contributed by atoms with van der Waals surface area (Å²) in [7, 11) is 0. The third-order valence-electron chi connectivity index (χ3n) is 1.58. The minimum absolute atomic E-state index is 0.0920. The van der Waals surface area contributed by atoms with E-state index in [9.17, 15) is 13.2 Å². The molecule has 2 nitrogen and oxygen atoms in total. The van der Waals surface area contributed by atoms with Crippen LogP contribution < -0.4 is 0 Å². The van der Waals surface area contributed by atoms with E-state index in [1.807, 2.05) is 5.16 Å². The first-order valence-electron chi connectivity index (χ1n) is 3.65. The highest BCUT2D eigenvalue weighted by Crippen LogP contribution is 2.38. The summed E-state index contributed by atoms with van der Waals surface area (Å²) in [6.45, 7) is 6.61. The molecular weight excluding hydrogens is 225 g/mol. The summed E-state index contributed by atoms with van der Waals surface area (Å²) >= 11 is 4.23. The first kappa shape index (κ1) is 11.4. The van der Waals surface area contributed by atoms with Gasteiger partial charge in [0.05, 0.1) is 23.0 Å². The molecule has 0 heterocycles. The molecule has 6 heteroatoms. The van der Waals surface area contributed by atoms with Crippen molar-refractivity contribution in [3.63, 3.8) is 0 Å². The average molecular weight is 228 g/mol. The normalized spacial score (nSPS) is 10.3. The number of thiocarbonyl (C=S) groups is 1. The standard InChI is InChI=1S/C9H3F3N2S/c1-13-6-2-3-8(14-5-15)7(4-6)9(10,11)12/h2-4H. The Morgan fingerprint density at radius 2 is 2.07 bits per heavy atom. The van der Waals surface area contributed by atoms with Crippen molar-refractivity contribution in [1.29, 1.82) is 0 Å². The molecular formula is C9H3F3N2S. The maximum Gasteiger partial charge on any atom is 0.417 e. The molecule has 1 aromatic carbocycles. The molecule has 76 valence electrons. The van der Waals surface area contributed by atoms with Crippen LogP contribution in [0.15, 0.2) is 23.2 Å². The van der Waals surface area contributed by atoms with E-state index in [2.05, 4.69) is 22.1 Å². The summed E-state index contributed by atoms with van der Waals surface area (Å²) in [6.07, 6.45) is -4.55. The van der Waals surface area contributed by atoms with Crippen molar-refractivity contribution >= 4 is 28.8 Å². The summed E-state index contributed by atoms with van der Waals surface area (Å²) in [6, 6.07) is 3.07. The third kappa shape index (κ3) is 2.62. The van der Waals surface area contributed by atoms with Crippen molar-refractivity contribution < 1.29 is 13.2 Å². The number of alkyl halides is 3. The van der Waals surface area contributed by atoms with Crippen molar-refractivity contribution in [2.45, 2.75) is 6.18 Å². The minimum atomic E-state index is -4.55. The van der Waals surface area contributed by atoms with Gasteiger partial charge in [-0.1, -0.05) is 6.07 Å². The van der Waals surface area contributed by atoms with E-state index in [4.69, 9.17) is 6.57 Å². The summed E-state index contributed by atoms with van der Waals surface area (Å²) in [4.78, 5) is 6.20. The number of halogens is 3. The first-order valence-corrected chi connectivity index (χ1v) is 4.06. The summed E-state index contributed by atoms with van der Waals surface area (Å²) in [5.74, 6) is 0. The molecule has 0 bridgehead atoms. The molecule has 0 N–H and O–H groups in total. The van der Waals surface area contributed by atoms with Gasteiger partial charge in [0, 0.05) is 0 Å². The van der Waals surface area contributed by atoms with Gasteiger partial charge in [-0.25, -0.2) is 4.85 Å². The monoisotopic (exact) mass is 228 g/mol. The molecule has 0 radical (unpaired) electrons. The quantitative estimate of drug-likeness (QED) is 0.403. The maximum atomic E-state index is 12.5. The molecule has 1 aromatic rings. The van der Waals surface area contributed by atoms with Gasteiger partial charge in [0.15, 0.2) is 5.69 Å². The second-order valence-corrected chi connectivity index (χ2v) is 2.70. The van der Waals surface area contributed by atoms with Crippen LogP contribution >= 0.6 is 12.2 Å². The predicted octanol–water partition coefficient (Wildman–Crippen LogP) is 3.99.